The summed E-state index contributed by atoms with van der Waals surface area (Å²) in [6.07, 6.45) is 8.75. The maximum absolute atomic E-state index is 13.5. The quantitative estimate of drug-likeness (QED) is 0.545. The highest BCUT2D eigenvalue weighted by molar-refractivity contribution is 6.14. The van der Waals surface area contributed by atoms with E-state index >= 15 is 0 Å². The lowest BCUT2D eigenvalue weighted by Crippen LogP contribution is -2.32. The number of hydrogen-bond acceptors (Lipinski definition) is 4. The van der Waals surface area contributed by atoms with E-state index in [-0.39, 0.29) is 5.57 Å². The molecule has 7 heteroatoms. The Bertz CT molecular complexity index is 1150. The van der Waals surface area contributed by atoms with E-state index in [1.807, 2.05) is 41.1 Å². The van der Waals surface area contributed by atoms with Crippen LogP contribution in [0.4, 0.5) is 4.39 Å². The number of rotatable bonds is 8. The Hall–Kier alpha value is -4.00. The molecule has 1 amide bonds. The number of allylic oxidation sites excluding steroid dienone is 1. The van der Waals surface area contributed by atoms with E-state index in [0.29, 0.717) is 25.1 Å². The molecule has 3 aromatic rings. The fraction of sp³-hybridized carbons (Fsp3) is 0.160. The molecule has 0 aliphatic carbocycles. The Morgan fingerprint density at radius 3 is 2.53 bits per heavy atom. The van der Waals surface area contributed by atoms with Crippen LogP contribution < -0.4 is 0 Å². The minimum atomic E-state index is -0.793. The fourth-order valence-corrected chi connectivity index (χ4v) is 3.80. The van der Waals surface area contributed by atoms with Gasteiger partial charge in [-0.15, -0.1) is 0 Å². The molecule has 0 spiro atoms. The summed E-state index contributed by atoms with van der Waals surface area (Å²) in [5, 5.41) is 10.6. The number of aliphatic hydroxyl groups is 1. The average Bonchev–Trinajstić information content (AvgIpc) is 3.41. The summed E-state index contributed by atoms with van der Waals surface area (Å²) in [7, 11) is 0. The van der Waals surface area contributed by atoms with Crippen LogP contribution in [-0.4, -0.2) is 37.8 Å². The number of aryl methyl sites for hydroxylation is 1. The smallest absolute Gasteiger partial charge is 0.290 e. The lowest BCUT2D eigenvalue weighted by Gasteiger charge is -2.26. The Kier molecular flexibility index (Phi) is 6.26. The van der Waals surface area contributed by atoms with Crippen LogP contribution in [-0.2, 0) is 16.1 Å². The number of amides is 1. The third-order valence-corrected chi connectivity index (χ3v) is 5.36. The summed E-state index contributed by atoms with van der Waals surface area (Å²) < 4.78 is 15.4. The third-order valence-electron chi connectivity index (χ3n) is 5.36. The van der Waals surface area contributed by atoms with Crippen LogP contribution in [0.2, 0.25) is 0 Å². The number of carbonyl (C=O) groups excluding carboxylic acids is 2. The highest BCUT2D eigenvalue weighted by atomic mass is 19.1. The van der Waals surface area contributed by atoms with Crippen molar-refractivity contribution in [3.05, 3.63) is 108 Å². The maximum Gasteiger partial charge on any atom is 0.290 e. The molecule has 4 rings (SSSR count). The zero-order chi connectivity index (χ0) is 22.5. The van der Waals surface area contributed by atoms with Crippen molar-refractivity contribution >= 4 is 17.8 Å². The van der Waals surface area contributed by atoms with Gasteiger partial charge in [0, 0.05) is 25.5 Å². The predicted octanol–water partition coefficient (Wildman–Crippen LogP) is 4.09. The number of halogens is 1. The van der Waals surface area contributed by atoms with Gasteiger partial charge in [0.1, 0.15) is 5.82 Å². The topological polar surface area (TPSA) is 75.4 Å². The van der Waals surface area contributed by atoms with Gasteiger partial charge in [-0.25, -0.2) is 9.37 Å². The van der Waals surface area contributed by atoms with Gasteiger partial charge in [-0.1, -0.05) is 48.5 Å². The van der Waals surface area contributed by atoms with Gasteiger partial charge in [-0.05, 0) is 35.8 Å². The highest BCUT2D eigenvalue weighted by Crippen LogP contribution is 2.38. The molecular formula is C25H22FN3O3. The monoisotopic (exact) mass is 431 g/mol. The van der Waals surface area contributed by atoms with Crippen LogP contribution in [0.15, 0.2) is 90.7 Å². The van der Waals surface area contributed by atoms with Crippen molar-refractivity contribution in [3.8, 4) is 0 Å². The molecule has 1 N–H and O–H groups in total. The van der Waals surface area contributed by atoms with Crippen LogP contribution in [0.25, 0.3) is 6.08 Å². The van der Waals surface area contributed by atoms with Gasteiger partial charge in [-0.3, -0.25) is 9.59 Å². The van der Waals surface area contributed by atoms with E-state index in [4.69, 9.17) is 0 Å². The molecule has 1 unspecified atom stereocenters. The van der Waals surface area contributed by atoms with Crippen molar-refractivity contribution in [2.24, 2.45) is 0 Å². The van der Waals surface area contributed by atoms with E-state index in [1.54, 1.807) is 18.6 Å². The zero-order valence-electron chi connectivity index (χ0n) is 17.3. The molecule has 162 valence electrons. The SMILES string of the molecule is O=C(/C=C/c1ccccc1)C1=C(O)C(=O)N(CCCn2ccnc2)C1c1ccc(F)cc1. The molecule has 0 radical (unpaired) electrons. The number of ketones is 1. The maximum atomic E-state index is 13.5. The van der Waals surface area contributed by atoms with E-state index in [0.717, 1.165) is 5.56 Å². The third kappa shape index (κ3) is 4.51. The Balaban J connectivity index is 1.61. The summed E-state index contributed by atoms with van der Waals surface area (Å²) in [6.45, 7) is 0.931. The number of aromatic nitrogens is 2. The van der Waals surface area contributed by atoms with Gasteiger partial charge in [0.25, 0.3) is 5.91 Å². The van der Waals surface area contributed by atoms with Crippen LogP contribution in [0.1, 0.15) is 23.6 Å². The molecule has 1 atom stereocenters. The largest absolute Gasteiger partial charge is 0.503 e. The lowest BCUT2D eigenvalue weighted by atomic mass is 9.95. The molecule has 1 aromatic heterocycles. The number of benzene rings is 2. The highest BCUT2D eigenvalue weighted by Gasteiger charge is 2.42. The standard InChI is InChI=1S/C25H22FN3O3/c26-20-10-8-19(9-11-20)23-22(21(30)12-7-18-5-2-1-3-6-18)24(31)25(32)29(23)15-4-14-28-16-13-27-17-28/h1-3,5-13,16-17,23,31H,4,14-15H2/b12-7+. The molecule has 0 saturated heterocycles. The fourth-order valence-electron chi connectivity index (χ4n) is 3.80. The molecule has 0 saturated carbocycles. The van der Waals surface area contributed by atoms with E-state index in [2.05, 4.69) is 4.98 Å². The molecule has 2 heterocycles. The first-order valence-electron chi connectivity index (χ1n) is 10.3. The molecule has 6 nitrogen and oxygen atoms in total. The predicted molar refractivity (Wildman–Crippen MR) is 118 cm³/mol. The Morgan fingerprint density at radius 2 is 1.84 bits per heavy atom. The summed E-state index contributed by atoms with van der Waals surface area (Å²) >= 11 is 0. The molecular weight excluding hydrogens is 409 g/mol. The Morgan fingerprint density at radius 1 is 1.09 bits per heavy atom. The van der Waals surface area contributed by atoms with Crippen LogP contribution in [0.5, 0.6) is 0 Å². The summed E-state index contributed by atoms with van der Waals surface area (Å²) in [6, 6.07) is 14.1. The van der Waals surface area contributed by atoms with Gasteiger partial charge in [0.15, 0.2) is 11.5 Å². The average molecular weight is 431 g/mol. The van der Waals surface area contributed by atoms with Crippen molar-refractivity contribution in [1.82, 2.24) is 14.5 Å². The number of nitrogens with zero attached hydrogens (tertiary/aromatic N) is 3. The van der Waals surface area contributed by atoms with Crippen molar-refractivity contribution in [2.75, 3.05) is 6.54 Å². The van der Waals surface area contributed by atoms with E-state index < -0.39 is 29.3 Å². The normalized spacial score (nSPS) is 16.3. The minimum absolute atomic E-state index is 0.00331. The van der Waals surface area contributed by atoms with E-state index in [9.17, 15) is 19.1 Å². The van der Waals surface area contributed by atoms with Gasteiger partial charge >= 0.3 is 0 Å². The van der Waals surface area contributed by atoms with Crippen LogP contribution in [0.3, 0.4) is 0 Å². The van der Waals surface area contributed by atoms with Crippen molar-refractivity contribution in [1.29, 1.82) is 0 Å². The minimum Gasteiger partial charge on any atom is -0.503 e. The molecule has 0 fully saturated rings. The van der Waals surface area contributed by atoms with Crippen LogP contribution >= 0.6 is 0 Å². The molecule has 1 aliphatic rings. The first-order chi connectivity index (χ1) is 15.5. The zero-order valence-corrected chi connectivity index (χ0v) is 17.3. The Labute approximate surface area is 184 Å². The van der Waals surface area contributed by atoms with Gasteiger partial charge in [0.05, 0.1) is 17.9 Å². The van der Waals surface area contributed by atoms with Crippen molar-refractivity contribution < 1.29 is 19.1 Å². The number of hydrogen-bond donors (Lipinski definition) is 1. The number of aliphatic hydroxyl groups excluding tert-OH is 1. The molecule has 32 heavy (non-hydrogen) atoms. The number of carbonyl (C=O) groups is 2. The summed E-state index contributed by atoms with van der Waals surface area (Å²) in [5.74, 6) is -2.06. The summed E-state index contributed by atoms with van der Waals surface area (Å²) in [4.78, 5) is 31.4. The van der Waals surface area contributed by atoms with Crippen molar-refractivity contribution in [2.45, 2.75) is 19.0 Å². The van der Waals surface area contributed by atoms with Gasteiger partial charge in [0.2, 0.25) is 0 Å². The first kappa shape index (κ1) is 21.2. The summed E-state index contributed by atoms with van der Waals surface area (Å²) in [5.41, 5.74) is 1.38. The second-order valence-electron chi connectivity index (χ2n) is 7.48. The second kappa shape index (κ2) is 9.43. The van der Waals surface area contributed by atoms with Gasteiger partial charge in [-0.2, -0.15) is 0 Å². The lowest BCUT2D eigenvalue weighted by molar-refractivity contribution is -0.129. The number of imidazole rings is 1. The van der Waals surface area contributed by atoms with Gasteiger partial charge < -0.3 is 14.6 Å². The van der Waals surface area contributed by atoms with E-state index in [1.165, 1.54) is 35.2 Å². The second-order valence-corrected chi connectivity index (χ2v) is 7.48. The van der Waals surface area contributed by atoms with Crippen molar-refractivity contribution in [3.63, 3.8) is 0 Å². The first-order valence-corrected chi connectivity index (χ1v) is 10.3. The van der Waals surface area contributed by atoms with Crippen LogP contribution in [0, 0.1) is 5.82 Å². The molecule has 0 bridgehead atoms. The molecule has 1 aliphatic heterocycles. The molecule has 2 aromatic carbocycles.